The molecule has 0 radical (unpaired) electrons. The van der Waals surface area contributed by atoms with E-state index in [2.05, 4.69) is 4.98 Å². The predicted molar refractivity (Wildman–Crippen MR) is 140 cm³/mol. The Morgan fingerprint density at radius 2 is 1.47 bits per heavy atom. The van der Waals surface area contributed by atoms with Gasteiger partial charge in [-0.05, 0) is 16.7 Å². The minimum atomic E-state index is -0.986. The maximum atomic E-state index is 12.5. The highest BCUT2D eigenvalue weighted by atomic mass is 16.6. The molecule has 38 heavy (non-hydrogen) atoms. The largest absolute Gasteiger partial charge is 0.390 e. The van der Waals surface area contributed by atoms with Crippen LogP contribution in [0.25, 0.3) is 0 Å². The average molecular weight is 510 g/mol. The molecule has 1 saturated heterocycles. The van der Waals surface area contributed by atoms with Crippen molar-refractivity contribution in [1.82, 2.24) is 9.55 Å². The summed E-state index contributed by atoms with van der Waals surface area (Å²) < 4.78 is 14.1. The van der Waals surface area contributed by atoms with Gasteiger partial charge >= 0.3 is 5.69 Å². The van der Waals surface area contributed by atoms with Crippen LogP contribution in [-0.4, -0.2) is 33.5 Å². The van der Waals surface area contributed by atoms with Crippen molar-refractivity contribution in [1.29, 1.82) is 5.26 Å². The molecule has 2 heterocycles. The zero-order chi connectivity index (χ0) is 26.5. The fraction of sp³-hybridized carbons (Fsp3) is 0.233. The van der Waals surface area contributed by atoms with E-state index in [1.165, 1.54) is 10.8 Å². The number of H-pyrrole nitrogens is 1. The zero-order valence-electron chi connectivity index (χ0n) is 20.6. The van der Waals surface area contributed by atoms with Crippen molar-refractivity contribution in [2.75, 3.05) is 6.61 Å². The number of hydrogen-bond acceptors (Lipinski definition) is 6. The summed E-state index contributed by atoms with van der Waals surface area (Å²) in [5, 5.41) is 19.9. The Morgan fingerprint density at radius 1 is 0.947 bits per heavy atom. The van der Waals surface area contributed by atoms with Gasteiger partial charge in [-0.1, -0.05) is 91.0 Å². The first-order valence-electron chi connectivity index (χ1n) is 12.4. The highest BCUT2D eigenvalue weighted by molar-refractivity contribution is 5.47. The van der Waals surface area contributed by atoms with Crippen LogP contribution in [0.15, 0.2) is 107 Å². The number of nitrogens with one attached hydrogen (secondary N) is 1. The van der Waals surface area contributed by atoms with Crippen LogP contribution in [0.2, 0.25) is 0 Å². The SMILES string of the molecule is N#CCc1cn([C@H]2C[C@H](O)[C@@H](COC(c3ccccc3)(c3ccccc3)c3ccccc3)O2)c(=O)[nH]c1=O. The van der Waals surface area contributed by atoms with Crippen LogP contribution in [0.1, 0.15) is 34.9 Å². The molecule has 3 atom stereocenters. The van der Waals surface area contributed by atoms with Crippen LogP contribution >= 0.6 is 0 Å². The molecule has 0 saturated carbocycles. The van der Waals surface area contributed by atoms with E-state index in [0.29, 0.717) is 0 Å². The first kappa shape index (κ1) is 25.4. The van der Waals surface area contributed by atoms with Crippen LogP contribution < -0.4 is 11.2 Å². The van der Waals surface area contributed by atoms with E-state index in [1.54, 1.807) is 0 Å². The monoisotopic (exact) mass is 509 g/mol. The molecule has 1 aliphatic rings. The van der Waals surface area contributed by atoms with Gasteiger partial charge in [0.1, 0.15) is 17.9 Å². The smallest absolute Gasteiger partial charge is 0.330 e. The molecule has 1 aliphatic heterocycles. The second-order valence-corrected chi connectivity index (χ2v) is 9.18. The van der Waals surface area contributed by atoms with E-state index in [-0.39, 0.29) is 25.0 Å². The van der Waals surface area contributed by atoms with E-state index in [1.807, 2.05) is 97.1 Å². The first-order chi connectivity index (χ1) is 18.5. The number of ether oxygens (including phenoxy) is 2. The molecule has 0 bridgehead atoms. The molecule has 0 aliphatic carbocycles. The van der Waals surface area contributed by atoms with Gasteiger partial charge in [-0.25, -0.2) is 4.79 Å². The molecule has 3 aromatic carbocycles. The van der Waals surface area contributed by atoms with Gasteiger partial charge in [0.15, 0.2) is 0 Å². The lowest BCUT2D eigenvalue weighted by Gasteiger charge is -2.37. The lowest BCUT2D eigenvalue weighted by atomic mass is 9.80. The third-order valence-electron chi connectivity index (χ3n) is 6.83. The van der Waals surface area contributed by atoms with Gasteiger partial charge in [-0.3, -0.25) is 14.3 Å². The summed E-state index contributed by atoms with van der Waals surface area (Å²) in [5.74, 6) is 0. The quantitative estimate of drug-likeness (QED) is 0.352. The van der Waals surface area contributed by atoms with Crippen molar-refractivity contribution in [3.8, 4) is 6.07 Å². The summed E-state index contributed by atoms with van der Waals surface area (Å²) in [6.07, 6.45) is -1.17. The second-order valence-electron chi connectivity index (χ2n) is 9.18. The van der Waals surface area contributed by atoms with Crippen LogP contribution in [0.4, 0.5) is 0 Å². The number of aromatic nitrogens is 2. The highest BCUT2D eigenvalue weighted by Crippen LogP contribution is 2.41. The standard InChI is InChI=1S/C30H27N3O5/c31-17-16-21-19-33(29(36)32-28(21)35)27-18-25(34)26(38-27)20-37-30(22-10-4-1-5-11-22,23-12-6-2-7-13-23)24-14-8-3-9-15-24/h1-15,19,25-27,34H,16,18,20H2,(H,32,35,36)/t25-,26+,27+/m0/s1. The van der Waals surface area contributed by atoms with Crippen LogP contribution in [-0.2, 0) is 21.5 Å². The summed E-state index contributed by atoms with van der Waals surface area (Å²) in [7, 11) is 0. The zero-order valence-corrected chi connectivity index (χ0v) is 20.6. The fourth-order valence-corrected chi connectivity index (χ4v) is 4.96. The average Bonchev–Trinajstić information content (AvgIpc) is 3.32. The Bertz CT molecular complexity index is 1430. The normalized spacial score (nSPS) is 19.2. The summed E-state index contributed by atoms with van der Waals surface area (Å²) in [6.45, 7) is 0.0273. The second kappa shape index (κ2) is 11.0. The van der Waals surface area contributed by atoms with Crippen LogP contribution in [0.5, 0.6) is 0 Å². The first-order valence-corrected chi connectivity index (χ1v) is 12.4. The number of aromatic amines is 1. The summed E-state index contributed by atoms with van der Waals surface area (Å²) >= 11 is 0. The van der Waals surface area contributed by atoms with Crippen LogP contribution in [0.3, 0.4) is 0 Å². The molecule has 0 spiro atoms. The number of benzene rings is 3. The van der Waals surface area contributed by atoms with E-state index >= 15 is 0 Å². The van der Waals surface area contributed by atoms with Gasteiger partial charge in [0.2, 0.25) is 0 Å². The minimum Gasteiger partial charge on any atom is -0.390 e. The number of aliphatic hydroxyl groups is 1. The molecular weight excluding hydrogens is 482 g/mol. The predicted octanol–water partition coefficient (Wildman–Crippen LogP) is 3.26. The van der Waals surface area contributed by atoms with Crippen molar-refractivity contribution < 1.29 is 14.6 Å². The molecule has 5 rings (SSSR count). The van der Waals surface area contributed by atoms with Gasteiger partial charge in [0, 0.05) is 18.2 Å². The van der Waals surface area contributed by atoms with Crippen LogP contribution in [0, 0.1) is 11.3 Å². The van der Waals surface area contributed by atoms with Crippen molar-refractivity contribution in [3.05, 3.63) is 140 Å². The van der Waals surface area contributed by atoms with Gasteiger partial charge < -0.3 is 14.6 Å². The number of aliphatic hydroxyl groups excluding tert-OH is 1. The molecular formula is C30H27N3O5. The summed E-state index contributed by atoms with van der Waals surface area (Å²) in [5.41, 5.74) is 0.645. The third-order valence-corrected chi connectivity index (χ3v) is 6.83. The van der Waals surface area contributed by atoms with Gasteiger partial charge in [0.05, 0.1) is 25.2 Å². The van der Waals surface area contributed by atoms with Gasteiger partial charge in [-0.2, -0.15) is 5.26 Å². The number of nitriles is 1. The molecule has 0 unspecified atom stereocenters. The maximum absolute atomic E-state index is 12.5. The molecule has 8 nitrogen and oxygen atoms in total. The number of rotatable bonds is 8. The molecule has 1 fully saturated rings. The van der Waals surface area contributed by atoms with E-state index in [4.69, 9.17) is 14.7 Å². The fourth-order valence-electron chi connectivity index (χ4n) is 4.96. The van der Waals surface area contributed by atoms with Crippen molar-refractivity contribution in [2.45, 2.75) is 36.9 Å². The molecule has 0 amide bonds. The lowest BCUT2D eigenvalue weighted by Crippen LogP contribution is -2.38. The van der Waals surface area contributed by atoms with E-state index in [9.17, 15) is 14.7 Å². The lowest BCUT2D eigenvalue weighted by molar-refractivity contribution is -0.0944. The highest BCUT2D eigenvalue weighted by Gasteiger charge is 2.42. The molecule has 4 aromatic rings. The Labute approximate surface area is 219 Å². The topological polar surface area (TPSA) is 117 Å². The van der Waals surface area contributed by atoms with E-state index < -0.39 is 35.3 Å². The van der Waals surface area contributed by atoms with Crippen molar-refractivity contribution in [2.24, 2.45) is 0 Å². The summed E-state index contributed by atoms with van der Waals surface area (Å²) in [6, 6.07) is 31.5. The summed E-state index contributed by atoms with van der Waals surface area (Å²) in [4.78, 5) is 26.7. The number of nitrogens with zero attached hydrogens (tertiary/aromatic N) is 2. The third kappa shape index (κ3) is 4.83. The van der Waals surface area contributed by atoms with Crippen molar-refractivity contribution in [3.63, 3.8) is 0 Å². The Balaban J connectivity index is 1.49. The van der Waals surface area contributed by atoms with E-state index in [0.717, 1.165) is 16.7 Å². The number of hydrogen-bond donors (Lipinski definition) is 2. The Kier molecular flexibility index (Phi) is 7.33. The molecule has 8 heteroatoms. The van der Waals surface area contributed by atoms with Gasteiger partial charge in [-0.15, -0.1) is 0 Å². The Hall–Kier alpha value is -4.29. The van der Waals surface area contributed by atoms with Crippen molar-refractivity contribution >= 4 is 0 Å². The minimum absolute atomic E-state index is 0.0273. The molecule has 2 N–H and O–H groups in total. The maximum Gasteiger partial charge on any atom is 0.330 e. The molecule has 192 valence electrons. The Morgan fingerprint density at radius 3 is 1.97 bits per heavy atom. The molecule has 1 aromatic heterocycles. The van der Waals surface area contributed by atoms with Gasteiger partial charge in [0.25, 0.3) is 5.56 Å².